The van der Waals surface area contributed by atoms with E-state index in [0.717, 1.165) is 5.56 Å². The highest BCUT2D eigenvalue weighted by Gasteiger charge is 2.56. The molecule has 0 aromatic heterocycles. The first kappa shape index (κ1) is 23.0. The standard InChI is InChI=1S/C25H19ClN6O2/c26-17-6-7-19(22(10-17)32(33)34)23-21-13-31(12-16-4-2-1-3-5-16)9-8-18(21)20(11-27)24(30)25(23,14-28)15-29/h1-8,10,21,23H,9,12-13,30H2/t21-,23+/m1/s1. The van der Waals surface area contributed by atoms with E-state index in [1.54, 1.807) is 0 Å². The van der Waals surface area contributed by atoms with Crippen molar-refractivity contribution < 1.29 is 4.92 Å². The third kappa shape index (κ3) is 3.68. The number of hydrogen-bond acceptors (Lipinski definition) is 7. The first-order chi connectivity index (χ1) is 16.4. The van der Waals surface area contributed by atoms with E-state index in [1.807, 2.05) is 48.5 Å². The highest BCUT2D eigenvalue weighted by atomic mass is 35.5. The SMILES string of the molecule is N#CC1=C(N)C(C#N)(C#N)[C@@H](c2ccc(Cl)cc2[N+](=O)[O-])[C@@H]2CN(Cc3ccccc3)CC=C12. The van der Waals surface area contributed by atoms with Gasteiger partial charge in [0.1, 0.15) is 6.07 Å². The zero-order valence-electron chi connectivity index (χ0n) is 18.0. The molecule has 2 aromatic rings. The molecule has 9 heteroatoms. The predicted molar refractivity (Wildman–Crippen MR) is 125 cm³/mol. The second kappa shape index (κ2) is 9.00. The molecule has 0 spiro atoms. The van der Waals surface area contributed by atoms with Crippen molar-refractivity contribution in [3.8, 4) is 18.2 Å². The number of benzene rings is 2. The molecular formula is C25H19ClN6O2. The van der Waals surface area contributed by atoms with E-state index in [9.17, 15) is 25.9 Å². The summed E-state index contributed by atoms with van der Waals surface area (Å²) < 4.78 is 0. The Kier molecular flexibility index (Phi) is 6.09. The fourth-order valence-electron chi connectivity index (χ4n) is 4.99. The maximum Gasteiger partial charge on any atom is 0.274 e. The van der Waals surface area contributed by atoms with Crippen LogP contribution in [0.4, 0.5) is 5.69 Å². The number of nitriles is 3. The van der Waals surface area contributed by atoms with Crippen molar-refractivity contribution in [1.82, 2.24) is 4.90 Å². The minimum Gasteiger partial charge on any atom is -0.399 e. The van der Waals surface area contributed by atoms with E-state index in [1.165, 1.54) is 18.2 Å². The average Bonchev–Trinajstić information content (AvgIpc) is 2.84. The molecule has 2 aliphatic rings. The normalized spacial score (nSPS) is 21.4. The van der Waals surface area contributed by atoms with Crippen LogP contribution in [0.2, 0.25) is 5.02 Å². The zero-order valence-corrected chi connectivity index (χ0v) is 18.7. The second-order valence-corrected chi connectivity index (χ2v) is 8.75. The molecule has 1 aliphatic heterocycles. The Labute approximate surface area is 201 Å². The number of nitrogens with two attached hydrogens (primary N) is 1. The van der Waals surface area contributed by atoms with E-state index in [4.69, 9.17) is 17.3 Å². The molecule has 0 saturated heterocycles. The molecule has 1 aliphatic carbocycles. The summed E-state index contributed by atoms with van der Waals surface area (Å²) in [5.41, 5.74) is 5.85. The Morgan fingerprint density at radius 1 is 1.18 bits per heavy atom. The number of fused-ring (bicyclic) bond motifs is 1. The summed E-state index contributed by atoms with van der Waals surface area (Å²) in [6.45, 7) is 1.51. The summed E-state index contributed by atoms with van der Waals surface area (Å²) in [6.07, 6.45) is 1.87. The van der Waals surface area contributed by atoms with E-state index in [0.29, 0.717) is 25.2 Å². The number of nitro benzene ring substituents is 1. The number of nitro groups is 1. The van der Waals surface area contributed by atoms with Crippen LogP contribution in [0.1, 0.15) is 17.0 Å². The van der Waals surface area contributed by atoms with Crippen LogP contribution < -0.4 is 5.73 Å². The van der Waals surface area contributed by atoms with E-state index in [-0.39, 0.29) is 27.5 Å². The van der Waals surface area contributed by atoms with Gasteiger partial charge in [0.25, 0.3) is 5.69 Å². The van der Waals surface area contributed by atoms with Crippen LogP contribution in [0.15, 0.2) is 71.5 Å². The van der Waals surface area contributed by atoms with Gasteiger partial charge in [0, 0.05) is 48.1 Å². The molecule has 4 rings (SSSR count). The minimum atomic E-state index is -1.96. The van der Waals surface area contributed by atoms with Gasteiger partial charge in [-0.3, -0.25) is 15.0 Å². The molecule has 2 aromatic carbocycles. The second-order valence-electron chi connectivity index (χ2n) is 8.32. The third-order valence-corrected chi connectivity index (χ3v) is 6.75. The zero-order chi connectivity index (χ0) is 24.5. The minimum absolute atomic E-state index is 0.0975. The Bertz CT molecular complexity index is 1330. The van der Waals surface area contributed by atoms with E-state index in [2.05, 4.69) is 11.0 Å². The molecule has 0 unspecified atom stereocenters. The van der Waals surface area contributed by atoms with Crippen molar-refractivity contribution in [3.05, 3.63) is 97.7 Å². The lowest BCUT2D eigenvalue weighted by Gasteiger charge is -2.45. The van der Waals surface area contributed by atoms with Gasteiger partial charge >= 0.3 is 0 Å². The molecule has 168 valence electrons. The molecule has 1 heterocycles. The van der Waals surface area contributed by atoms with Gasteiger partial charge in [-0.05, 0) is 17.2 Å². The van der Waals surface area contributed by atoms with Crippen LogP contribution in [0.25, 0.3) is 0 Å². The van der Waals surface area contributed by atoms with Gasteiger partial charge in [-0.1, -0.05) is 54.1 Å². The first-order valence-corrected chi connectivity index (χ1v) is 10.9. The topological polar surface area (TPSA) is 144 Å². The number of allylic oxidation sites excluding steroid dienone is 2. The third-order valence-electron chi connectivity index (χ3n) is 6.51. The Morgan fingerprint density at radius 3 is 2.50 bits per heavy atom. The van der Waals surface area contributed by atoms with Gasteiger partial charge in [-0.25, -0.2) is 0 Å². The molecule has 0 radical (unpaired) electrons. The smallest absolute Gasteiger partial charge is 0.274 e. The summed E-state index contributed by atoms with van der Waals surface area (Å²) in [7, 11) is 0. The molecule has 2 atom stereocenters. The van der Waals surface area contributed by atoms with Crippen LogP contribution in [-0.2, 0) is 6.54 Å². The Balaban J connectivity index is 1.92. The number of rotatable bonds is 4. The number of hydrogen-bond donors (Lipinski definition) is 1. The van der Waals surface area contributed by atoms with Crippen LogP contribution in [0.5, 0.6) is 0 Å². The van der Waals surface area contributed by atoms with Crippen molar-refractivity contribution in [2.24, 2.45) is 17.1 Å². The van der Waals surface area contributed by atoms with Crippen molar-refractivity contribution in [3.63, 3.8) is 0 Å². The molecule has 34 heavy (non-hydrogen) atoms. The van der Waals surface area contributed by atoms with Crippen LogP contribution in [0, 0.1) is 55.4 Å². The monoisotopic (exact) mass is 470 g/mol. The Hall–Kier alpha value is -4.16. The lowest BCUT2D eigenvalue weighted by atomic mass is 9.58. The predicted octanol–water partition coefficient (Wildman–Crippen LogP) is 4.17. The van der Waals surface area contributed by atoms with Gasteiger partial charge in [0.2, 0.25) is 0 Å². The van der Waals surface area contributed by atoms with Crippen LogP contribution in [-0.4, -0.2) is 22.9 Å². The average molecular weight is 471 g/mol. The van der Waals surface area contributed by atoms with Gasteiger partial charge in [0.15, 0.2) is 5.41 Å². The summed E-state index contributed by atoms with van der Waals surface area (Å²) in [4.78, 5) is 13.5. The Morgan fingerprint density at radius 2 is 1.88 bits per heavy atom. The summed E-state index contributed by atoms with van der Waals surface area (Å²) in [6, 6.07) is 20.1. The van der Waals surface area contributed by atoms with Gasteiger partial charge in [-0.2, -0.15) is 15.8 Å². The highest BCUT2D eigenvalue weighted by molar-refractivity contribution is 6.30. The largest absolute Gasteiger partial charge is 0.399 e. The van der Waals surface area contributed by atoms with Gasteiger partial charge in [0.05, 0.1) is 28.3 Å². The molecule has 8 nitrogen and oxygen atoms in total. The van der Waals surface area contributed by atoms with Crippen molar-refractivity contribution in [1.29, 1.82) is 15.8 Å². The maximum atomic E-state index is 11.9. The summed E-state index contributed by atoms with van der Waals surface area (Å²) in [5.74, 6) is -1.51. The fraction of sp³-hybridized carbons (Fsp3) is 0.240. The number of halogens is 1. The van der Waals surface area contributed by atoms with E-state index >= 15 is 0 Å². The fourth-order valence-corrected chi connectivity index (χ4v) is 5.16. The van der Waals surface area contributed by atoms with Crippen molar-refractivity contribution >= 4 is 17.3 Å². The van der Waals surface area contributed by atoms with Crippen molar-refractivity contribution in [2.45, 2.75) is 12.5 Å². The molecule has 0 bridgehead atoms. The van der Waals surface area contributed by atoms with E-state index < -0.39 is 22.2 Å². The number of nitrogens with zero attached hydrogens (tertiary/aromatic N) is 5. The first-order valence-electron chi connectivity index (χ1n) is 10.5. The van der Waals surface area contributed by atoms with Gasteiger partial charge < -0.3 is 5.73 Å². The molecule has 0 saturated carbocycles. The molecular weight excluding hydrogens is 452 g/mol. The highest BCUT2D eigenvalue weighted by Crippen LogP contribution is 2.55. The van der Waals surface area contributed by atoms with Crippen LogP contribution >= 0.6 is 11.6 Å². The maximum absolute atomic E-state index is 11.9. The lowest BCUT2D eigenvalue weighted by Crippen LogP contribution is -2.48. The molecule has 0 amide bonds. The van der Waals surface area contributed by atoms with Crippen LogP contribution in [0.3, 0.4) is 0 Å². The summed E-state index contributed by atoms with van der Waals surface area (Å²) in [5, 5.41) is 42.4. The van der Waals surface area contributed by atoms with Gasteiger partial charge in [-0.15, -0.1) is 0 Å². The summed E-state index contributed by atoms with van der Waals surface area (Å²) >= 11 is 6.03. The molecule has 0 fully saturated rings. The lowest BCUT2D eigenvalue weighted by molar-refractivity contribution is -0.385. The molecule has 2 N–H and O–H groups in total. The quantitative estimate of drug-likeness (QED) is 0.521. The van der Waals surface area contributed by atoms with Crippen molar-refractivity contribution in [2.75, 3.05) is 13.1 Å².